The van der Waals surface area contributed by atoms with Gasteiger partial charge in [-0.3, -0.25) is 0 Å². The van der Waals surface area contributed by atoms with E-state index in [1.807, 2.05) is 0 Å². The molecule has 0 bridgehead atoms. The summed E-state index contributed by atoms with van der Waals surface area (Å²) >= 11 is 0. The summed E-state index contributed by atoms with van der Waals surface area (Å²) < 4.78 is 0. The fourth-order valence-electron chi connectivity index (χ4n) is 2.53. The number of rotatable bonds is 6. The SMILES string of the molecule is CCCC(CC)NCc1c(C)cc(C)cc1C. The zero-order valence-corrected chi connectivity index (χ0v) is 12.1. The Morgan fingerprint density at radius 2 is 1.65 bits per heavy atom. The third-order valence-corrected chi connectivity index (χ3v) is 3.54. The van der Waals surface area contributed by atoms with Crippen molar-refractivity contribution < 1.29 is 0 Å². The van der Waals surface area contributed by atoms with Crippen LogP contribution in [-0.4, -0.2) is 6.04 Å². The fourth-order valence-corrected chi connectivity index (χ4v) is 2.53. The lowest BCUT2D eigenvalue weighted by molar-refractivity contribution is 0.461. The predicted molar refractivity (Wildman–Crippen MR) is 76.5 cm³/mol. The number of aryl methyl sites for hydroxylation is 3. The van der Waals surface area contributed by atoms with E-state index in [2.05, 4.69) is 52.1 Å². The highest BCUT2D eigenvalue weighted by molar-refractivity contribution is 5.37. The van der Waals surface area contributed by atoms with Gasteiger partial charge in [0.2, 0.25) is 0 Å². The summed E-state index contributed by atoms with van der Waals surface area (Å²) in [6, 6.07) is 5.23. The molecule has 17 heavy (non-hydrogen) atoms. The molecule has 1 aromatic rings. The van der Waals surface area contributed by atoms with Crippen molar-refractivity contribution >= 4 is 0 Å². The molecule has 0 heterocycles. The van der Waals surface area contributed by atoms with Crippen molar-refractivity contribution in [2.24, 2.45) is 0 Å². The van der Waals surface area contributed by atoms with Gasteiger partial charge in [0, 0.05) is 12.6 Å². The number of hydrogen-bond donors (Lipinski definition) is 1. The largest absolute Gasteiger partial charge is 0.310 e. The lowest BCUT2D eigenvalue weighted by atomic mass is 9.99. The van der Waals surface area contributed by atoms with Crippen molar-refractivity contribution in [3.63, 3.8) is 0 Å². The first-order chi connectivity index (χ1) is 8.08. The summed E-state index contributed by atoms with van der Waals surface area (Å²) in [6.45, 7) is 12.1. The topological polar surface area (TPSA) is 12.0 Å². The van der Waals surface area contributed by atoms with E-state index in [4.69, 9.17) is 0 Å². The second-order valence-corrected chi connectivity index (χ2v) is 5.15. The normalized spacial score (nSPS) is 12.8. The molecule has 0 aliphatic carbocycles. The molecule has 0 saturated heterocycles. The van der Waals surface area contributed by atoms with Crippen LogP contribution in [0.4, 0.5) is 0 Å². The molecule has 1 aromatic carbocycles. The molecule has 96 valence electrons. The van der Waals surface area contributed by atoms with E-state index in [9.17, 15) is 0 Å². The molecule has 0 aliphatic rings. The summed E-state index contributed by atoms with van der Waals surface area (Å²) in [6.07, 6.45) is 3.76. The van der Waals surface area contributed by atoms with Crippen molar-refractivity contribution in [3.8, 4) is 0 Å². The molecule has 0 aromatic heterocycles. The number of nitrogens with one attached hydrogen (secondary N) is 1. The van der Waals surface area contributed by atoms with Crippen molar-refractivity contribution in [2.45, 2.75) is 66.5 Å². The van der Waals surface area contributed by atoms with Gasteiger partial charge >= 0.3 is 0 Å². The summed E-state index contributed by atoms with van der Waals surface area (Å²) in [5.41, 5.74) is 5.68. The maximum Gasteiger partial charge on any atom is 0.0213 e. The van der Waals surface area contributed by atoms with Gasteiger partial charge in [-0.05, 0) is 50.3 Å². The highest BCUT2D eigenvalue weighted by atomic mass is 14.9. The molecular formula is C16H27N. The standard InChI is InChI=1S/C16H27N/c1-6-8-15(7-2)17-11-16-13(4)9-12(3)10-14(16)5/h9-10,15,17H,6-8,11H2,1-5H3. The maximum atomic E-state index is 3.69. The van der Waals surface area contributed by atoms with Crippen LogP contribution in [0.1, 0.15) is 55.4 Å². The smallest absolute Gasteiger partial charge is 0.0213 e. The van der Waals surface area contributed by atoms with E-state index >= 15 is 0 Å². The van der Waals surface area contributed by atoms with Gasteiger partial charge in [0.1, 0.15) is 0 Å². The fraction of sp³-hybridized carbons (Fsp3) is 0.625. The second-order valence-electron chi connectivity index (χ2n) is 5.15. The van der Waals surface area contributed by atoms with Crippen LogP contribution < -0.4 is 5.32 Å². The van der Waals surface area contributed by atoms with E-state index < -0.39 is 0 Å². The van der Waals surface area contributed by atoms with Crippen molar-refractivity contribution in [3.05, 3.63) is 34.4 Å². The summed E-state index contributed by atoms with van der Waals surface area (Å²) in [5, 5.41) is 3.69. The Kier molecular flexibility index (Phi) is 5.70. The van der Waals surface area contributed by atoms with Crippen LogP contribution in [0.3, 0.4) is 0 Å². The van der Waals surface area contributed by atoms with Gasteiger partial charge in [-0.2, -0.15) is 0 Å². The molecular weight excluding hydrogens is 206 g/mol. The molecule has 1 atom stereocenters. The van der Waals surface area contributed by atoms with E-state index in [1.54, 1.807) is 0 Å². The van der Waals surface area contributed by atoms with E-state index in [-0.39, 0.29) is 0 Å². The van der Waals surface area contributed by atoms with Crippen LogP contribution in [0, 0.1) is 20.8 Å². The van der Waals surface area contributed by atoms with Gasteiger partial charge in [0.05, 0.1) is 0 Å². The zero-order chi connectivity index (χ0) is 12.8. The first-order valence-corrected chi connectivity index (χ1v) is 6.88. The van der Waals surface area contributed by atoms with Gasteiger partial charge in [0.25, 0.3) is 0 Å². The van der Waals surface area contributed by atoms with Crippen molar-refractivity contribution in [2.75, 3.05) is 0 Å². The first-order valence-electron chi connectivity index (χ1n) is 6.88. The summed E-state index contributed by atoms with van der Waals surface area (Å²) in [5.74, 6) is 0. The highest BCUT2D eigenvalue weighted by Crippen LogP contribution is 2.16. The molecule has 0 saturated carbocycles. The Bertz CT molecular complexity index is 332. The Morgan fingerprint density at radius 1 is 1.06 bits per heavy atom. The zero-order valence-electron chi connectivity index (χ0n) is 12.1. The molecule has 1 rings (SSSR count). The van der Waals surface area contributed by atoms with Crippen LogP contribution in [0.5, 0.6) is 0 Å². The molecule has 0 radical (unpaired) electrons. The van der Waals surface area contributed by atoms with Crippen LogP contribution >= 0.6 is 0 Å². The minimum Gasteiger partial charge on any atom is -0.310 e. The average molecular weight is 233 g/mol. The van der Waals surface area contributed by atoms with Gasteiger partial charge in [0.15, 0.2) is 0 Å². The van der Waals surface area contributed by atoms with Crippen LogP contribution in [0.2, 0.25) is 0 Å². The number of hydrogen-bond acceptors (Lipinski definition) is 1. The molecule has 0 amide bonds. The molecule has 0 spiro atoms. The van der Waals surface area contributed by atoms with Gasteiger partial charge in [-0.15, -0.1) is 0 Å². The first kappa shape index (κ1) is 14.2. The minimum atomic E-state index is 0.667. The quantitative estimate of drug-likeness (QED) is 0.773. The van der Waals surface area contributed by atoms with Gasteiger partial charge in [-0.25, -0.2) is 0 Å². The van der Waals surface area contributed by atoms with Gasteiger partial charge < -0.3 is 5.32 Å². The van der Waals surface area contributed by atoms with E-state index in [0.29, 0.717) is 6.04 Å². The highest BCUT2D eigenvalue weighted by Gasteiger charge is 2.07. The van der Waals surface area contributed by atoms with Crippen molar-refractivity contribution in [1.82, 2.24) is 5.32 Å². The van der Waals surface area contributed by atoms with Gasteiger partial charge in [-0.1, -0.05) is 38.0 Å². The average Bonchev–Trinajstić information content (AvgIpc) is 2.26. The molecule has 1 heteroatoms. The van der Waals surface area contributed by atoms with Crippen LogP contribution in [0.25, 0.3) is 0 Å². The Morgan fingerprint density at radius 3 is 2.12 bits per heavy atom. The van der Waals surface area contributed by atoms with Crippen molar-refractivity contribution in [1.29, 1.82) is 0 Å². The van der Waals surface area contributed by atoms with Crippen LogP contribution in [0.15, 0.2) is 12.1 Å². The summed E-state index contributed by atoms with van der Waals surface area (Å²) in [7, 11) is 0. The molecule has 1 N–H and O–H groups in total. The van der Waals surface area contributed by atoms with Crippen LogP contribution in [-0.2, 0) is 6.54 Å². The molecule has 1 unspecified atom stereocenters. The lowest BCUT2D eigenvalue weighted by Crippen LogP contribution is -2.28. The minimum absolute atomic E-state index is 0.667. The predicted octanol–water partition coefficient (Wildman–Crippen LogP) is 4.28. The third-order valence-electron chi connectivity index (χ3n) is 3.54. The maximum absolute atomic E-state index is 3.69. The third kappa shape index (κ3) is 4.16. The number of benzene rings is 1. The summed E-state index contributed by atoms with van der Waals surface area (Å²) in [4.78, 5) is 0. The van der Waals surface area contributed by atoms with E-state index in [0.717, 1.165) is 6.54 Å². The Hall–Kier alpha value is -0.820. The Labute approximate surface area is 107 Å². The Balaban J connectivity index is 2.68. The second kappa shape index (κ2) is 6.80. The van der Waals surface area contributed by atoms with E-state index in [1.165, 1.54) is 41.5 Å². The molecule has 1 nitrogen and oxygen atoms in total. The molecule has 0 fully saturated rings. The monoisotopic (exact) mass is 233 g/mol. The lowest BCUT2D eigenvalue weighted by Gasteiger charge is -2.18. The molecule has 0 aliphatic heterocycles.